The molecule has 4 nitrogen and oxygen atoms in total. The maximum atomic E-state index is 5.78. The first-order valence-electron chi connectivity index (χ1n) is 5.87. The number of hydrogen-bond acceptors (Lipinski definition) is 3. The lowest BCUT2D eigenvalue weighted by Gasteiger charge is -2.15. The van der Waals surface area contributed by atoms with Gasteiger partial charge in [0.1, 0.15) is 5.82 Å². The number of rotatable bonds is 4. The van der Waals surface area contributed by atoms with E-state index < -0.39 is 0 Å². The van der Waals surface area contributed by atoms with Crippen molar-refractivity contribution in [1.29, 1.82) is 0 Å². The van der Waals surface area contributed by atoms with Crippen LogP contribution >= 0.6 is 0 Å². The van der Waals surface area contributed by atoms with Gasteiger partial charge < -0.3 is 10.7 Å². The molecule has 3 N–H and O–H groups in total. The zero-order valence-corrected chi connectivity index (χ0v) is 10.2. The van der Waals surface area contributed by atoms with Crippen LogP contribution in [0, 0.1) is 5.92 Å². The molecule has 0 aliphatic rings. The first-order valence-corrected chi connectivity index (χ1v) is 5.87. The van der Waals surface area contributed by atoms with Crippen LogP contribution in [0.25, 0.3) is 11.3 Å². The molecule has 0 fully saturated rings. The summed E-state index contributed by atoms with van der Waals surface area (Å²) in [5.41, 5.74) is 7.89. The standard InChI is InChI=1S/C13H18N4/c1-9(2)11(7-14)13-16-8-12(17-13)10-3-5-15-6-4-10/h3-6,8-9,11H,7,14H2,1-2H3,(H,16,17). The van der Waals surface area contributed by atoms with Crippen molar-refractivity contribution >= 4 is 0 Å². The molecule has 0 saturated carbocycles. The molecule has 90 valence electrons. The zero-order valence-electron chi connectivity index (χ0n) is 10.2. The van der Waals surface area contributed by atoms with Gasteiger partial charge in [0, 0.05) is 30.4 Å². The lowest BCUT2D eigenvalue weighted by atomic mass is 9.95. The zero-order chi connectivity index (χ0) is 12.3. The van der Waals surface area contributed by atoms with Gasteiger partial charge in [-0.15, -0.1) is 0 Å². The number of aromatic amines is 1. The molecule has 0 radical (unpaired) electrons. The Bertz CT molecular complexity index is 461. The predicted octanol–water partition coefficient (Wildman–Crippen LogP) is 2.17. The third-order valence-corrected chi connectivity index (χ3v) is 3.00. The Balaban J connectivity index is 2.27. The van der Waals surface area contributed by atoms with Crippen LogP contribution in [0.3, 0.4) is 0 Å². The van der Waals surface area contributed by atoms with Crippen LogP contribution in [0.5, 0.6) is 0 Å². The molecule has 0 aromatic carbocycles. The second-order valence-corrected chi connectivity index (χ2v) is 4.50. The topological polar surface area (TPSA) is 67.6 Å². The summed E-state index contributed by atoms with van der Waals surface area (Å²) in [6.07, 6.45) is 5.41. The van der Waals surface area contributed by atoms with Crippen LogP contribution < -0.4 is 5.73 Å². The summed E-state index contributed by atoms with van der Waals surface area (Å²) in [6, 6.07) is 3.92. The molecule has 0 bridgehead atoms. The highest BCUT2D eigenvalue weighted by Gasteiger charge is 2.17. The Morgan fingerprint density at radius 1 is 1.29 bits per heavy atom. The second kappa shape index (κ2) is 5.10. The average Bonchev–Trinajstić information content (AvgIpc) is 2.80. The molecule has 1 unspecified atom stereocenters. The van der Waals surface area contributed by atoms with E-state index >= 15 is 0 Å². The van der Waals surface area contributed by atoms with Crippen molar-refractivity contribution in [3.05, 3.63) is 36.5 Å². The Hall–Kier alpha value is -1.68. The van der Waals surface area contributed by atoms with E-state index in [1.165, 1.54) is 0 Å². The van der Waals surface area contributed by atoms with Gasteiger partial charge in [-0.1, -0.05) is 13.8 Å². The maximum absolute atomic E-state index is 5.78. The summed E-state index contributed by atoms with van der Waals surface area (Å²) in [4.78, 5) is 11.8. The average molecular weight is 230 g/mol. The first-order chi connectivity index (χ1) is 8.22. The van der Waals surface area contributed by atoms with Crippen molar-refractivity contribution in [2.24, 2.45) is 11.7 Å². The summed E-state index contributed by atoms with van der Waals surface area (Å²) < 4.78 is 0. The molecular weight excluding hydrogens is 212 g/mol. The number of nitrogens with two attached hydrogens (primary N) is 1. The Morgan fingerprint density at radius 2 is 2.00 bits per heavy atom. The van der Waals surface area contributed by atoms with Gasteiger partial charge >= 0.3 is 0 Å². The maximum Gasteiger partial charge on any atom is 0.111 e. The van der Waals surface area contributed by atoms with Gasteiger partial charge in [0.25, 0.3) is 0 Å². The molecule has 0 spiro atoms. The Labute approximate surface area is 101 Å². The first kappa shape index (κ1) is 11.8. The van der Waals surface area contributed by atoms with Crippen molar-refractivity contribution in [2.45, 2.75) is 19.8 Å². The molecule has 0 aliphatic carbocycles. The predicted molar refractivity (Wildman–Crippen MR) is 68.5 cm³/mol. The van der Waals surface area contributed by atoms with E-state index in [0.29, 0.717) is 12.5 Å². The molecule has 17 heavy (non-hydrogen) atoms. The number of imidazole rings is 1. The molecule has 0 saturated heterocycles. The van der Waals surface area contributed by atoms with E-state index in [4.69, 9.17) is 5.73 Å². The number of nitrogens with zero attached hydrogens (tertiary/aromatic N) is 2. The van der Waals surface area contributed by atoms with E-state index in [2.05, 4.69) is 28.8 Å². The van der Waals surface area contributed by atoms with E-state index in [1.54, 1.807) is 12.4 Å². The minimum Gasteiger partial charge on any atom is -0.342 e. The van der Waals surface area contributed by atoms with Crippen LogP contribution in [-0.2, 0) is 0 Å². The van der Waals surface area contributed by atoms with Gasteiger partial charge in [-0.2, -0.15) is 0 Å². The van der Waals surface area contributed by atoms with E-state index in [9.17, 15) is 0 Å². The fraction of sp³-hybridized carbons (Fsp3) is 0.385. The smallest absolute Gasteiger partial charge is 0.111 e. The minimum atomic E-state index is 0.283. The molecule has 2 aromatic heterocycles. The van der Waals surface area contributed by atoms with Crippen LogP contribution in [0.15, 0.2) is 30.7 Å². The number of aromatic nitrogens is 3. The van der Waals surface area contributed by atoms with Gasteiger partial charge in [-0.05, 0) is 18.1 Å². The molecule has 1 atom stereocenters. The van der Waals surface area contributed by atoms with Crippen LogP contribution in [0.1, 0.15) is 25.6 Å². The molecule has 4 heteroatoms. The van der Waals surface area contributed by atoms with Gasteiger partial charge in [0.05, 0.1) is 11.9 Å². The largest absolute Gasteiger partial charge is 0.342 e. The molecule has 0 aliphatic heterocycles. The van der Waals surface area contributed by atoms with Crippen molar-refractivity contribution < 1.29 is 0 Å². The Morgan fingerprint density at radius 3 is 2.59 bits per heavy atom. The van der Waals surface area contributed by atoms with Gasteiger partial charge in [0.15, 0.2) is 0 Å². The van der Waals surface area contributed by atoms with Gasteiger partial charge in [0.2, 0.25) is 0 Å². The minimum absolute atomic E-state index is 0.283. The Kier molecular flexibility index (Phi) is 3.54. The van der Waals surface area contributed by atoms with Crippen LogP contribution in [0.2, 0.25) is 0 Å². The molecule has 0 amide bonds. The number of pyridine rings is 1. The van der Waals surface area contributed by atoms with Gasteiger partial charge in [-0.3, -0.25) is 4.98 Å². The lowest BCUT2D eigenvalue weighted by Crippen LogP contribution is -2.19. The lowest BCUT2D eigenvalue weighted by molar-refractivity contribution is 0.487. The van der Waals surface area contributed by atoms with E-state index in [1.807, 2.05) is 18.3 Å². The highest BCUT2D eigenvalue weighted by atomic mass is 14.9. The van der Waals surface area contributed by atoms with Crippen molar-refractivity contribution in [3.63, 3.8) is 0 Å². The van der Waals surface area contributed by atoms with Crippen molar-refractivity contribution in [1.82, 2.24) is 15.0 Å². The van der Waals surface area contributed by atoms with E-state index in [-0.39, 0.29) is 5.92 Å². The fourth-order valence-electron chi connectivity index (χ4n) is 1.90. The quantitative estimate of drug-likeness (QED) is 0.845. The summed E-state index contributed by atoms with van der Waals surface area (Å²) in [5, 5.41) is 0. The number of nitrogens with one attached hydrogen (secondary N) is 1. The summed E-state index contributed by atoms with van der Waals surface area (Å²) in [5.74, 6) is 1.73. The SMILES string of the molecule is CC(C)C(CN)c1ncc(-c2ccncc2)[nH]1. The molecular formula is C13H18N4. The molecule has 2 rings (SSSR count). The summed E-state index contributed by atoms with van der Waals surface area (Å²) >= 11 is 0. The molecule has 2 heterocycles. The van der Waals surface area contributed by atoms with Crippen molar-refractivity contribution in [3.8, 4) is 11.3 Å². The highest BCUT2D eigenvalue weighted by molar-refractivity contribution is 5.57. The monoisotopic (exact) mass is 230 g/mol. The normalized spacial score (nSPS) is 12.9. The number of H-pyrrole nitrogens is 1. The third kappa shape index (κ3) is 2.53. The van der Waals surface area contributed by atoms with Crippen molar-refractivity contribution in [2.75, 3.05) is 6.54 Å². The highest BCUT2D eigenvalue weighted by Crippen LogP contribution is 2.23. The van der Waals surface area contributed by atoms with Crippen LogP contribution in [-0.4, -0.2) is 21.5 Å². The number of hydrogen-bond donors (Lipinski definition) is 2. The summed E-state index contributed by atoms with van der Waals surface area (Å²) in [7, 11) is 0. The molecule has 2 aromatic rings. The fourth-order valence-corrected chi connectivity index (χ4v) is 1.90. The second-order valence-electron chi connectivity index (χ2n) is 4.50. The van der Waals surface area contributed by atoms with Crippen LogP contribution in [0.4, 0.5) is 0 Å². The summed E-state index contributed by atoms with van der Waals surface area (Å²) in [6.45, 7) is 4.93. The van der Waals surface area contributed by atoms with Gasteiger partial charge in [-0.25, -0.2) is 4.98 Å². The third-order valence-electron chi connectivity index (χ3n) is 3.00. The van der Waals surface area contributed by atoms with E-state index in [0.717, 1.165) is 17.1 Å².